The van der Waals surface area contributed by atoms with Crippen molar-refractivity contribution < 1.29 is 19.4 Å². The van der Waals surface area contributed by atoms with Gasteiger partial charge in [-0.1, -0.05) is 26.5 Å². The van der Waals surface area contributed by atoms with Crippen LogP contribution >= 0.6 is 0 Å². The second-order valence-electron chi connectivity index (χ2n) is 7.42. The van der Waals surface area contributed by atoms with E-state index in [1.54, 1.807) is 0 Å². The molecule has 0 radical (unpaired) electrons. The van der Waals surface area contributed by atoms with Crippen LogP contribution in [0.15, 0.2) is 12.7 Å². The van der Waals surface area contributed by atoms with Gasteiger partial charge in [0.15, 0.2) is 0 Å². The predicted octanol–water partition coefficient (Wildman–Crippen LogP) is 3.10. The maximum Gasteiger partial charge on any atom is 0.408 e. The van der Waals surface area contributed by atoms with Crippen LogP contribution in [-0.4, -0.2) is 29.3 Å². The Kier molecular flexibility index (Phi) is 4.04. The van der Waals surface area contributed by atoms with Crippen molar-refractivity contribution in [1.82, 2.24) is 5.32 Å². The highest BCUT2D eigenvalue weighted by Gasteiger charge is 2.61. The fraction of sp³-hybridized carbons (Fsp3) is 0.750. The number of carbonyl (C=O) groups excluding carboxylic acids is 1. The van der Waals surface area contributed by atoms with Crippen LogP contribution in [0.25, 0.3) is 0 Å². The molecule has 2 aliphatic rings. The Balaban J connectivity index is 1.97. The number of hydrogen-bond donors (Lipinski definition) is 2. The average Bonchev–Trinajstić information content (AvgIpc) is 2.36. The summed E-state index contributed by atoms with van der Waals surface area (Å²) in [6, 6.07) is 0. The van der Waals surface area contributed by atoms with Crippen molar-refractivity contribution in [3.05, 3.63) is 12.7 Å². The summed E-state index contributed by atoms with van der Waals surface area (Å²) in [7, 11) is 0. The Hall–Kier alpha value is -1.52. The number of nitrogens with one attached hydrogen (secondary N) is 1. The summed E-state index contributed by atoms with van der Waals surface area (Å²) >= 11 is 0. The quantitative estimate of drug-likeness (QED) is 0.781. The molecule has 1 spiro atoms. The van der Waals surface area contributed by atoms with Gasteiger partial charge in [0, 0.05) is 0 Å². The first kappa shape index (κ1) is 15.9. The minimum Gasteiger partial charge on any atom is -0.480 e. The molecule has 0 atom stereocenters. The van der Waals surface area contributed by atoms with E-state index in [1.165, 1.54) is 6.08 Å². The molecule has 0 aromatic carbocycles. The second kappa shape index (κ2) is 5.35. The molecule has 0 aromatic heterocycles. The number of alkyl carbamates (subject to hydrolysis) is 1. The van der Waals surface area contributed by atoms with Crippen LogP contribution in [0, 0.1) is 10.8 Å². The van der Waals surface area contributed by atoms with E-state index in [0.29, 0.717) is 18.3 Å². The molecule has 2 N–H and O–H groups in total. The minimum atomic E-state index is -1.15. The lowest BCUT2D eigenvalue weighted by molar-refractivity contribution is -0.159. The van der Waals surface area contributed by atoms with Crippen molar-refractivity contribution in [3.8, 4) is 0 Å². The summed E-state index contributed by atoms with van der Waals surface area (Å²) in [5.41, 5.74) is -0.720. The summed E-state index contributed by atoms with van der Waals surface area (Å²) < 4.78 is 4.85. The predicted molar refractivity (Wildman–Crippen MR) is 79.0 cm³/mol. The van der Waals surface area contributed by atoms with Gasteiger partial charge in [-0.25, -0.2) is 9.59 Å². The number of amides is 1. The van der Waals surface area contributed by atoms with Crippen molar-refractivity contribution in [1.29, 1.82) is 0 Å². The topological polar surface area (TPSA) is 75.6 Å². The molecule has 0 aliphatic heterocycles. The van der Waals surface area contributed by atoms with E-state index < -0.39 is 17.6 Å². The Labute approximate surface area is 125 Å². The fourth-order valence-electron chi connectivity index (χ4n) is 3.70. The normalized spacial score (nSPS) is 24.7. The molecular formula is C16H25NO4. The van der Waals surface area contributed by atoms with Crippen LogP contribution in [-0.2, 0) is 9.53 Å². The molecule has 2 fully saturated rings. The smallest absolute Gasteiger partial charge is 0.408 e. The molecule has 0 unspecified atom stereocenters. The second-order valence-corrected chi connectivity index (χ2v) is 7.42. The monoisotopic (exact) mass is 295 g/mol. The van der Waals surface area contributed by atoms with Gasteiger partial charge >= 0.3 is 12.1 Å². The van der Waals surface area contributed by atoms with Gasteiger partial charge in [0.1, 0.15) is 12.1 Å². The van der Waals surface area contributed by atoms with Crippen molar-refractivity contribution >= 4 is 12.1 Å². The Morgan fingerprint density at radius 2 is 1.81 bits per heavy atom. The van der Waals surface area contributed by atoms with Gasteiger partial charge in [-0.15, -0.1) is 0 Å². The molecule has 0 aromatic rings. The van der Waals surface area contributed by atoms with Crippen LogP contribution in [0.4, 0.5) is 4.79 Å². The standard InChI is InChI=1S/C16H25NO4/c1-4-9-21-13(20)17-16(12(18)19)10-15(11-16)7-5-14(2,3)6-8-15/h4H,1,5-11H2,2-3H3,(H,17,20)(H,18,19). The summed E-state index contributed by atoms with van der Waals surface area (Å²) in [4.78, 5) is 23.2. The molecule has 21 heavy (non-hydrogen) atoms. The van der Waals surface area contributed by atoms with Gasteiger partial charge in [-0.05, 0) is 49.4 Å². The first-order chi connectivity index (χ1) is 9.73. The zero-order chi connectivity index (χ0) is 15.7. The van der Waals surface area contributed by atoms with Crippen LogP contribution in [0.2, 0.25) is 0 Å². The van der Waals surface area contributed by atoms with Crippen molar-refractivity contribution in [3.63, 3.8) is 0 Å². The van der Waals surface area contributed by atoms with E-state index in [0.717, 1.165) is 25.7 Å². The average molecular weight is 295 g/mol. The summed E-state index contributed by atoms with van der Waals surface area (Å²) in [6.07, 6.45) is 6.11. The molecular weight excluding hydrogens is 270 g/mol. The van der Waals surface area contributed by atoms with Gasteiger partial charge in [-0.3, -0.25) is 0 Å². The highest BCUT2D eigenvalue weighted by molar-refractivity contribution is 5.86. The van der Waals surface area contributed by atoms with Crippen LogP contribution < -0.4 is 5.32 Å². The van der Waals surface area contributed by atoms with Gasteiger partial charge in [0.2, 0.25) is 0 Å². The van der Waals surface area contributed by atoms with E-state index in [4.69, 9.17) is 4.74 Å². The number of ether oxygens (including phenoxy) is 1. The molecule has 5 nitrogen and oxygen atoms in total. The van der Waals surface area contributed by atoms with Gasteiger partial charge in [0.25, 0.3) is 0 Å². The zero-order valence-electron chi connectivity index (χ0n) is 12.9. The first-order valence-electron chi connectivity index (χ1n) is 7.52. The van der Waals surface area contributed by atoms with Crippen molar-refractivity contribution in [2.75, 3.05) is 6.61 Å². The maximum absolute atomic E-state index is 11.6. The zero-order valence-corrected chi connectivity index (χ0v) is 12.9. The molecule has 2 aliphatic carbocycles. The SMILES string of the molecule is C=CCOC(=O)NC1(C(=O)O)CC2(CCC(C)(C)CC2)C1. The number of aliphatic carboxylic acids is 1. The molecule has 0 bridgehead atoms. The number of rotatable bonds is 4. The first-order valence-corrected chi connectivity index (χ1v) is 7.52. The maximum atomic E-state index is 11.6. The lowest BCUT2D eigenvalue weighted by atomic mass is 9.49. The van der Waals surface area contributed by atoms with Gasteiger partial charge in [-0.2, -0.15) is 0 Å². The van der Waals surface area contributed by atoms with Crippen LogP contribution in [0.1, 0.15) is 52.4 Å². The van der Waals surface area contributed by atoms with E-state index >= 15 is 0 Å². The Bertz CT molecular complexity index is 437. The minimum absolute atomic E-state index is 0.0830. The number of hydrogen-bond acceptors (Lipinski definition) is 3. The van der Waals surface area contributed by atoms with E-state index in [9.17, 15) is 14.7 Å². The summed E-state index contributed by atoms with van der Waals surface area (Å²) in [6.45, 7) is 8.06. The molecule has 1 amide bonds. The molecule has 5 heteroatoms. The number of carboxylic acid groups (broad SMARTS) is 1. The van der Waals surface area contributed by atoms with E-state index in [-0.39, 0.29) is 12.0 Å². The van der Waals surface area contributed by atoms with Gasteiger partial charge in [0.05, 0.1) is 0 Å². The number of carboxylic acids is 1. The molecule has 118 valence electrons. The Morgan fingerprint density at radius 1 is 1.24 bits per heavy atom. The molecule has 2 rings (SSSR count). The van der Waals surface area contributed by atoms with Crippen molar-refractivity contribution in [2.45, 2.75) is 57.9 Å². The molecule has 2 saturated carbocycles. The third-order valence-electron chi connectivity index (χ3n) is 5.10. The lowest BCUT2D eigenvalue weighted by Gasteiger charge is -2.57. The van der Waals surface area contributed by atoms with E-state index in [2.05, 4.69) is 25.7 Å². The molecule has 0 heterocycles. The third kappa shape index (κ3) is 3.22. The fourth-order valence-corrected chi connectivity index (χ4v) is 3.70. The van der Waals surface area contributed by atoms with Crippen LogP contribution in [0.3, 0.4) is 0 Å². The highest BCUT2D eigenvalue weighted by Crippen LogP contribution is 2.59. The summed E-state index contributed by atoms with van der Waals surface area (Å²) in [5.74, 6) is -0.964. The van der Waals surface area contributed by atoms with Gasteiger partial charge < -0.3 is 15.2 Å². The largest absolute Gasteiger partial charge is 0.480 e. The lowest BCUT2D eigenvalue weighted by Crippen LogP contribution is -2.67. The van der Waals surface area contributed by atoms with Crippen LogP contribution in [0.5, 0.6) is 0 Å². The third-order valence-corrected chi connectivity index (χ3v) is 5.10. The van der Waals surface area contributed by atoms with Crippen molar-refractivity contribution in [2.24, 2.45) is 10.8 Å². The molecule has 0 saturated heterocycles. The Morgan fingerprint density at radius 3 is 2.29 bits per heavy atom. The number of carbonyl (C=O) groups is 2. The summed E-state index contributed by atoms with van der Waals surface area (Å²) in [5, 5.41) is 12.0. The van der Waals surface area contributed by atoms with E-state index in [1.807, 2.05) is 0 Å². The highest BCUT2D eigenvalue weighted by atomic mass is 16.5.